The highest BCUT2D eigenvalue weighted by molar-refractivity contribution is 5.74. The summed E-state index contributed by atoms with van der Waals surface area (Å²) >= 11 is 0. The molecule has 0 bridgehead atoms. The van der Waals surface area contributed by atoms with Gasteiger partial charge in [0.05, 0.1) is 0 Å². The first-order valence-corrected chi connectivity index (χ1v) is 6.72. The fraction of sp³-hybridized carbons (Fsp3) is 0.917. The van der Waals surface area contributed by atoms with Crippen molar-refractivity contribution in [3.05, 3.63) is 0 Å². The molecule has 100 valence electrons. The van der Waals surface area contributed by atoms with Crippen molar-refractivity contribution in [3.8, 4) is 0 Å². The molecule has 0 saturated carbocycles. The molecule has 1 saturated heterocycles. The lowest BCUT2D eigenvalue weighted by molar-refractivity contribution is 0.153. The fourth-order valence-electron chi connectivity index (χ4n) is 2.17. The van der Waals surface area contributed by atoms with Crippen molar-refractivity contribution in [1.29, 1.82) is 0 Å². The number of hydrogen-bond donors (Lipinski definition) is 1. The van der Waals surface area contributed by atoms with Crippen LogP contribution >= 0.6 is 0 Å². The normalized spacial score (nSPS) is 17.9. The predicted octanol–water partition coefficient (Wildman–Crippen LogP) is 1.11. The van der Waals surface area contributed by atoms with E-state index in [2.05, 4.69) is 13.8 Å². The smallest absolute Gasteiger partial charge is 0.320 e. The average Bonchev–Trinajstić information content (AvgIpc) is 2.53. The van der Waals surface area contributed by atoms with E-state index in [1.165, 1.54) is 0 Å². The molecule has 0 radical (unpaired) electrons. The third-order valence-corrected chi connectivity index (χ3v) is 3.06. The van der Waals surface area contributed by atoms with Gasteiger partial charge < -0.3 is 9.80 Å². The zero-order valence-electron chi connectivity index (χ0n) is 11.2. The third-order valence-electron chi connectivity index (χ3n) is 3.06. The molecule has 0 aliphatic carbocycles. The van der Waals surface area contributed by atoms with Gasteiger partial charge >= 0.3 is 6.03 Å². The molecule has 0 unspecified atom stereocenters. The molecule has 2 N–H and O–H groups in total. The summed E-state index contributed by atoms with van der Waals surface area (Å²) in [4.78, 5) is 16.2. The number of carbonyl (C=O) groups is 1. The number of nitrogens with two attached hydrogens (primary N) is 1. The summed E-state index contributed by atoms with van der Waals surface area (Å²) in [5.41, 5.74) is 0. The quantitative estimate of drug-likeness (QED) is 0.751. The Balaban J connectivity index is 2.52. The van der Waals surface area contributed by atoms with E-state index in [-0.39, 0.29) is 6.03 Å². The van der Waals surface area contributed by atoms with Crippen molar-refractivity contribution in [2.45, 2.75) is 33.1 Å². The molecule has 5 heteroatoms. The number of carbonyl (C=O) groups excluding carboxylic acids is 1. The van der Waals surface area contributed by atoms with Crippen LogP contribution in [0.4, 0.5) is 4.79 Å². The minimum Gasteiger partial charge on any atom is -0.325 e. The van der Waals surface area contributed by atoms with E-state index in [9.17, 15) is 4.79 Å². The first-order chi connectivity index (χ1) is 8.19. The highest BCUT2D eigenvalue weighted by Gasteiger charge is 2.21. The zero-order valence-corrected chi connectivity index (χ0v) is 11.2. The Bertz CT molecular complexity index is 229. The lowest BCUT2D eigenvalue weighted by Gasteiger charge is -2.29. The summed E-state index contributed by atoms with van der Waals surface area (Å²) in [7, 11) is 0. The second-order valence-corrected chi connectivity index (χ2v) is 4.65. The second-order valence-electron chi connectivity index (χ2n) is 4.65. The van der Waals surface area contributed by atoms with E-state index in [1.54, 1.807) is 5.01 Å². The molecular weight excluding hydrogens is 216 g/mol. The first-order valence-electron chi connectivity index (χ1n) is 6.72. The summed E-state index contributed by atoms with van der Waals surface area (Å²) in [6.07, 6.45) is 3.00. The van der Waals surface area contributed by atoms with Crippen LogP contribution in [0.15, 0.2) is 0 Å². The maximum absolute atomic E-state index is 12.3. The van der Waals surface area contributed by atoms with Crippen LogP contribution in [0.2, 0.25) is 0 Å². The van der Waals surface area contributed by atoms with Crippen LogP contribution in [0.3, 0.4) is 0 Å². The Morgan fingerprint density at radius 3 is 2.35 bits per heavy atom. The molecule has 0 aromatic heterocycles. The van der Waals surface area contributed by atoms with E-state index in [1.807, 2.05) is 9.80 Å². The zero-order chi connectivity index (χ0) is 12.7. The molecule has 1 aliphatic rings. The van der Waals surface area contributed by atoms with Crippen LogP contribution in [-0.2, 0) is 0 Å². The molecule has 1 rings (SSSR count). The lowest BCUT2D eigenvalue weighted by Crippen LogP contribution is -2.45. The van der Waals surface area contributed by atoms with E-state index >= 15 is 0 Å². The van der Waals surface area contributed by atoms with Crippen LogP contribution in [0, 0.1) is 0 Å². The lowest BCUT2D eigenvalue weighted by atomic mass is 10.3. The van der Waals surface area contributed by atoms with Crippen LogP contribution in [-0.4, -0.2) is 60.1 Å². The number of urea groups is 1. The Morgan fingerprint density at radius 2 is 1.76 bits per heavy atom. The molecule has 1 aliphatic heterocycles. The molecule has 1 fully saturated rings. The predicted molar refractivity (Wildman–Crippen MR) is 69.5 cm³/mol. The Labute approximate surface area is 104 Å². The van der Waals surface area contributed by atoms with Crippen LogP contribution < -0.4 is 5.84 Å². The number of hydrogen-bond acceptors (Lipinski definition) is 3. The fourth-order valence-corrected chi connectivity index (χ4v) is 2.17. The van der Waals surface area contributed by atoms with Crippen LogP contribution in [0.25, 0.3) is 0 Å². The molecule has 17 heavy (non-hydrogen) atoms. The molecular formula is C12H26N4O. The number of hydrazine groups is 1. The summed E-state index contributed by atoms with van der Waals surface area (Å²) in [5, 5.41) is 1.80. The SMILES string of the molecule is CCCN(CCC)C(=O)N1CCCN(N)CC1. The van der Waals surface area contributed by atoms with Gasteiger partial charge in [-0.1, -0.05) is 13.8 Å². The summed E-state index contributed by atoms with van der Waals surface area (Å²) < 4.78 is 0. The summed E-state index contributed by atoms with van der Waals surface area (Å²) in [6.45, 7) is 9.17. The maximum Gasteiger partial charge on any atom is 0.320 e. The van der Waals surface area contributed by atoms with Gasteiger partial charge in [0, 0.05) is 39.3 Å². The Hall–Kier alpha value is -0.810. The number of amides is 2. The van der Waals surface area contributed by atoms with Crippen molar-refractivity contribution >= 4 is 6.03 Å². The van der Waals surface area contributed by atoms with E-state index in [0.717, 1.165) is 58.5 Å². The maximum atomic E-state index is 12.3. The average molecular weight is 242 g/mol. The van der Waals surface area contributed by atoms with Crippen LogP contribution in [0.5, 0.6) is 0 Å². The molecule has 1 heterocycles. The minimum absolute atomic E-state index is 0.184. The van der Waals surface area contributed by atoms with E-state index in [0.29, 0.717) is 0 Å². The molecule has 5 nitrogen and oxygen atoms in total. The minimum atomic E-state index is 0.184. The molecule has 2 amide bonds. The van der Waals surface area contributed by atoms with E-state index < -0.39 is 0 Å². The van der Waals surface area contributed by atoms with Crippen molar-refractivity contribution in [1.82, 2.24) is 14.8 Å². The van der Waals surface area contributed by atoms with Crippen molar-refractivity contribution in [2.75, 3.05) is 39.3 Å². The highest BCUT2D eigenvalue weighted by Crippen LogP contribution is 2.06. The summed E-state index contributed by atoms with van der Waals surface area (Å²) in [5.74, 6) is 5.77. The van der Waals surface area contributed by atoms with Gasteiger partial charge in [-0.2, -0.15) is 0 Å². The van der Waals surface area contributed by atoms with Crippen molar-refractivity contribution < 1.29 is 4.79 Å². The molecule has 0 spiro atoms. The van der Waals surface area contributed by atoms with Gasteiger partial charge in [-0.15, -0.1) is 0 Å². The second kappa shape index (κ2) is 7.50. The van der Waals surface area contributed by atoms with Gasteiger partial charge in [0.15, 0.2) is 0 Å². The monoisotopic (exact) mass is 242 g/mol. The largest absolute Gasteiger partial charge is 0.325 e. The van der Waals surface area contributed by atoms with Gasteiger partial charge in [0.25, 0.3) is 0 Å². The summed E-state index contributed by atoms with van der Waals surface area (Å²) in [6, 6.07) is 0.184. The topological polar surface area (TPSA) is 52.8 Å². The molecule has 0 aromatic rings. The molecule has 0 aromatic carbocycles. The van der Waals surface area contributed by atoms with Gasteiger partial charge in [-0.25, -0.2) is 9.80 Å². The van der Waals surface area contributed by atoms with Gasteiger partial charge in [0.1, 0.15) is 0 Å². The van der Waals surface area contributed by atoms with Crippen LogP contribution in [0.1, 0.15) is 33.1 Å². The van der Waals surface area contributed by atoms with Crippen molar-refractivity contribution in [2.24, 2.45) is 5.84 Å². The standard InChI is InChI=1S/C12H26N4O/c1-3-6-14(7-4-2)12(17)15-8-5-9-16(13)11-10-15/h3-11,13H2,1-2H3. The van der Waals surface area contributed by atoms with Gasteiger partial charge in [-0.3, -0.25) is 5.84 Å². The van der Waals surface area contributed by atoms with E-state index in [4.69, 9.17) is 5.84 Å². The highest BCUT2D eigenvalue weighted by atomic mass is 16.2. The van der Waals surface area contributed by atoms with Gasteiger partial charge in [0.2, 0.25) is 0 Å². The Kier molecular flexibility index (Phi) is 6.29. The number of rotatable bonds is 4. The molecule has 0 atom stereocenters. The van der Waals surface area contributed by atoms with Gasteiger partial charge in [-0.05, 0) is 19.3 Å². The third kappa shape index (κ3) is 4.52. The number of nitrogens with zero attached hydrogens (tertiary/aromatic N) is 3. The Morgan fingerprint density at radius 1 is 1.12 bits per heavy atom. The first kappa shape index (κ1) is 14.3. The van der Waals surface area contributed by atoms with Crippen molar-refractivity contribution in [3.63, 3.8) is 0 Å².